The minimum Gasteiger partial charge on any atom is -1.00 e. The van der Waals surface area contributed by atoms with E-state index in [-0.39, 0.29) is 22.8 Å². The maximum atomic E-state index is 13.4. The minimum atomic E-state index is -1.21. The van der Waals surface area contributed by atoms with E-state index in [1.54, 1.807) is 19.2 Å². The van der Waals surface area contributed by atoms with Crippen molar-refractivity contribution in [2.24, 2.45) is 0 Å². The van der Waals surface area contributed by atoms with Gasteiger partial charge in [0.05, 0.1) is 13.7 Å². The Morgan fingerprint density at radius 3 is 2.41 bits per heavy atom. The number of nitrogens with zero attached hydrogens (tertiary/aromatic N) is 2. The highest BCUT2D eigenvalue weighted by Crippen LogP contribution is 2.38. The Labute approximate surface area is 169 Å². The summed E-state index contributed by atoms with van der Waals surface area (Å²) in [6, 6.07) is 13.9. The van der Waals surface area contributed by atoms with Gasteiger partial charge in [0, 0.05) is 12.0 Å². The van der Waals surface area contributed by atoms with E-state index in [9.17, 15) is 9.50 Å². The van der Waals surface area contributed by atoms with Crippen LogP contribution in [0.1, 0.15) is 31.2 Å². The van der Waals surface area contributed by atoms with Crippen molar-refractivity contribution in [3.05, 3.63) is 59.9 Å². The molecule has 1 N–H and O–H groups in total. The van der Waals surface area contributed by atoms with Crippen LogP contribution in [0.5, 0.6) is 5.75 Å². The fourth-order valence-corrected chi connectivity index (χ4v) is 4.05. The zero-order valence-electron chi connectivity index (χ0n) is 15.4. The lowest BCUT2D eigenvalue weighted by atomic mass is 10.00. The fourth-order valence-electron chi connectivity index (χ4n) is 4.05. The first-order valence-electron chi connectivity index (χ1n) is 9.15. The van der Waals surface area contributed by atoms with Crippen molar-refractivity contribution in [2.75, 3.05) is 25.1 Å². The molecule has 0 saturated heterocycles. The van der Waals surface area contributed by atoms with Gasteiger partial charge < -0.3 is 26.8 Å². The highest BCUT2D eigenvalue weighted by atomic mass is 79.9. The molecule has 1 atom stereocenters. The Morgan fingerprint density at radius 2 is 1.74 bits per heavy atom. The van der Waals surface area contributed by atoms with Crippen molar-refractivity contribution in [3.8, 4) is 5.75 Å². The Balaban J connectivity index is 0.00000210. The zero-order chi connectivity index (χ0) is 18.1. The maximum Gasteiger partial charge on any atom is 0.275 e. The normalized spacial score (nSPS) is 22.1. The average Bonchev–Trinajstić information content (AvgIpc) is 2.79. The van der Waals surface area contributed by atoms with Gasteiger partial charge in [0.25, 0.3) is 11.6 Å². The minimum absolute atomic E-state index is 0. The number of amidine groups is 1. The van der Waals surface area contributed by atoms with Crippen molar-refractivity contribution in [1.29, 1.82) is 0 Å². The molecule has 0 spiro atoms. The molecule has 0 saturated carbocycles. The first-order valence-corrected chi connectivity index (χ1v) is 9.15. The van der Waals surface area contributed by atoms with Gasteiger partial charge in [0.15, 0.2) is 6.54 Å². The second-order valence-corrected chi connectivity index (χ2v) is 7.01. The van der Waals surface area contributed by atoms with Crippen molar-refractivity contribution < 1.29 is 35.8 Å². The van der Waals surface area contributed by atoms with E-state index >= 15 is 0 Å². The molecule has 0 radical (unpaired) electrons. The van der Waals surface area contributed by atoms with Gasteiger partial charge in [0.1, 0.15) is 17.3 Å². The van der Waals surface area contributed by atoms with Crippen molar-refractivity contribution in [1.82, 2.24) is 0 Å². The van der Waals surface area contributed by atoms with Gasteiger partial charge in [-0.3, -0.25) is 4.58 Å². The molecule has 0 bridgehead atoms. The third-order valence-electron chi connectivity index (χ3n) is 5.37. The summed E-state index contributed by atoms with van der Waals surface area (Å²) >= 11 is 0. The van der Waals surface area contributed by atoms with E-state index in [0.29, 0.717) is 12.1 Å². The van der Waals surface area contributed by atoms with Gasteiger partial charge in [-0.1, -0.05) is 0 Å². The fraction of sp³-hybridized carbons (Fsp3) is 0.381. The maximum absolute atomic E-state index is 13.4. The third kappa shape index (κ3) is 3.60. The lowest BCUT2D eigenvalue weighted by Crippen LogP contribution is -3.00. The quantitative estimate of drug-likeness (QED) is 0.714. The van der Waals surface area contributed by atoms with Crippen molar-refractivity contribution in [2.45, 2.75) is 31.4 Å². The number of halogens is 2. The predicted octanol–water partition coefficient (Wildman–Crippen LogP) is 0.489. The molecule has 6 heteroatoms. The van der Waals surface area contributed by atoms with E-state index in [2.05, 4.69) is 4.58 Å². The van der Waals surface area contributed by atoms with Gasteiger partial charge >= 0.3 is 0 Å². The zero-order valence-corrected chi connectivity index (χ0v) is 17.0. The summed E-state index contributed by atoms with van der Waals surface area (Å²) in [6.45, 7) is 1.42. The van der Waals surface area contributed by atoms with E-state index < -0.39 is 5.72 Å². The topological polar surface area (TPSA) is 35.7 Å². The van der Waals surface area contributed by atoms with Crippen LogP contribution in [-0.2, 0) is 5.72 Å². The number of hydrogen-bond acceptors (Lipinski definition) is 3. The van der Waals surface area contributed by atoms with Crippen LogP contribution in [-0.4, -0.2) is 35.7 Å². The van der Waals surface area contributed by atoms with E-state index in [0.717, 1.165) is 43.1 Å². The SMILES string of the molecule is COc1ccc(N2C3=[N+](CCCCC3)CC2(O)c2ccc(F)cc2)cc1.[Br-]. The van der Waals surface area contributed by atoms with Crippen LogP contribution in [0.15, 0.2) is 48.5 Å². The molecule has 0 aromatic heterocycles. The standard InChI is InChI=1S/C21H24FN2O2.BrH/c1-26-19-12-10-18(11-13-19)24-20-5-3-2-4-14-23(20)15-21(24,25)16-6-8-17(22)9-7-16;/h6-13,25H,2-5,14-15H2,1H3;1H/q+1;/p-1. The number of benzene rings is 2. The molecule has 2 aromatic rings. The van der Waals surface area contributed by atoms with Gasteiger partial charge in [-0.05, 0) is 67.8 Å². The highest BCUT2D eigenvalue weighted by molar-refractivity contribution is 5.97. The number of aliphatic hydroxyl groups is 1. The van der Waals surface area contributed by atoms with Crippen LogP contribution in [0.25, 0.3) is 0 Å². The van der Waals surface area contributed by atoms with Crippen molar-refractivity contribution >= 4 is 11.5 Å². The van der Waals surface area contributed by atoms with Crippen LogP contribution in [0.4, 0.5) is 10.1 Å². The molecule has 4 rings (SSSR count). The summed E-state index contributed by atoms with van der Waals surface area (Å²) < 4.78 is 21.0. The number of ether oxygens (including phenoxy) is 1. The molecule has 0 fully saturated rings. The smallest absolute Gasteiger partial charge is 0.275 e. The molecule has 2 aliphatic rings. The number of methoxy groups -OCH3 is 1. The van der Waals surface area contributed by atoms with Gasteiger partial charge in [-0.25, -0.2) is 4.39 Å². The second-order valence-electron chi connectivity index (χ2n) is 7.01. The summed E-state index contributed by atoms with van der Waals surface area (Å²) in [6.07, 6.45) is 4.36. The second kappa shape index (κ2) is 7.98. The molecular formula is C21H24BrFN2O2. The highest BCUT2D eigenvalue weighted by Gasteiger charge is 2.54. The molecule has 0 amide bonds. The van der Waals surface area contributed by atoms with Crippen LogP contribution in [0.3, 0.4) is 0 Å². The molecule has 27 heavy (non-hydrogen) atoms. The van der Waals surface area contributed by atoms with Gasteiger partial charge in [-0.2, -0.15) is 4.90 Å². The van der Waals surface area contributed by atoms with E-state index in [4.69, 9.17) is 4.74 Å². The first kappa shape index (κ1) is 19.8. The Bertz CT molecular complexity index is 823. The van der Waals surface area contributed by atoms with Crippen LogP contribution < -0.4 is 26.6 Å². The monoisotopic (exact) mass is 434 g/mol. The van der Waals surface area contributed by atoms with Crippen molar-refractivity contribution in [3.63, 3.8) is 0 Å². The van der Waals surface area contributed by atoms with Gasteiger partial charge in [0.2, 0.25) is 0 Å². The summed E-state index contributed by atoms with van der Waals surface area (Å²) in [5.41, 5.74) is 0.405. The molecule has 2 aliphatic heterocycles. The third-order valence-corrected chi connectivity index (χ3v) is 5.37. The van der Waals surface area contributed by atoms with Gasteiger partial charge in [-0.15, -0.1) is 0 Å². The first-order chi connectivity index (χ1) is 12.6. The largest absolute Gasteiger partial charge is 1.00 e. The summed E-state index contributed by atoms with van der Waals surface area (Å²) in [7, 11) is 1.64. The molecular weight excluding hydrogens is 411 g/mol. The Hall–Kier alpha value is -1.92. The molecule has 2 heterocycles. The molecule has 0 aliphatic carbocycles. The number of anilines is 1. The van der Waals surface area contributed by atoms with Crippen LogP contribution in [0.2, 0.25) is 0 Å². The lowest BCUT2D eigenvalue weighted by Gasteiger charge is -2.29. The summed E-state index contributed by atoms with van der Waals surface area (Å²) in [4.78, 5) is 2.02. The van der Waals surface area contributed by atoms with E-state index in [1.165, 1.54) is 18.6 Å². The number of hydrogen-bond donors (Lipinski definition) is 1. The average molecular weight is 435 g/mol. The van der Waals surface area contributed by atoms with E-state index in [1.807, 2.05) is 29.2 Å². The molecule has 144 valence electrons. The predicted molar refractivity (Wildman–Crippen MR) is 99.2 cm³/mol. The van der Waals surface area contributed by atoms with Crippen LogP contribution >= 0.6 is 0 Å². The molecule has 4 nitrogen and oxygen atoms in total. The summed E-state index contributed by atoms with van der Waals surface area (Å²) in [5.74, 6) is 1.62. The number of rotatable bonds is 3. The molecule has 2 aromatic carbocycles. The Morgan fingerprint density at radius 1 is 1.04 bits per heavy atom. The summed E-state index contributed by atoms with van der Waals surface area (Å²) in [5, 5.41) is 11.7. The van der Waals surface area contributed by atoms with Crippen LogP contribution in [0, 0.1) is 5.82 Å². The molecule has 1 unspecified atom stereocenters. The lowest BCUT2D eigenvalue weighted by molar-refractivity contribution is -0.534. The Kier molecular flexibility index (Phi) is 5.86.